The van der Waals surface area contributed by atoms with Gasteiger partial charge in [-0.05, 0) is 18.9 Å². The van der Waals surface area contributed by atoms with Gasteiger partial charge in [0.1, 0.15) is 0 Å². The van der Waals surface area contributed by atoms with Crippen LogP contribution in [0.2, 0.25) is 5.02 Å². The van der Waals surface area contributed by atoms with Crippen molar-refractivity contribution in [3.8, 4) is 0 Å². The Balaban J connectivity index is 1.98. The third-order valence-electron chi connectivity index (χ3n) is 4.08. The second-order valence-electron chi connectivity index (χ2n) is 5.74. The van der Waals surface area contributed by atoms with Crippen LogP contribution in [0.5, 0.6) is 0 Å². The number of hydrogen-bond donors (Lipinski definition) is 2. The summed E-state index contributed by atoms with van der Waals surface area (Å²) in [7, 11) is 0. The molecule has 1 aliphatic rings. The van der Waals surface area contributed by atoms with Crippen LogP contribution < -0.4 is 5.32 Å². The van der Waals surface area contributed by atoms with Gasteiger partial charge < -0.3 is 10.4 Å². The van der Waals surface area contributed by atoms with Crippen LogP contribution in [0.15, 0.2) is 18.2 Å². The lowest BCUT2D eigenvalue weighted by molar-refractivity contribution is -0.385. The lowest BCUT2D eigenvalue weighted by Gasteiger charge is -2.27. The maximum atomic E-state index is 11.0. The zero-order valence-corrected chi connectivity index (χ0v) is 12.7. The van der Waals surface area contributed by atoms with Crippen LogP contribution in [0.1, 0.15) is 44.1 Å². The highest BCUT2D eigenvalue weighted by Crippen LogP contribution is 2.28. The van der Waals surface area contributed by atoms with Crippen LogP contribution in [-0.2, 0) is 6.54 Å². The summed E-state index contributed by atoms with van der Waals surface area (Å²) in [4.78, 5) is 10.6. The Morgan fingerprint density at radius 3 is 2.57 bits per heavy atom. The van der Waals surface area contributed by atoms with Gasteiger partial charge in [0, 0.05) is 19.2 Å². The Kier molecular flexibility index (Phi) is 5.56. The molecule has 0 amide bonds. The second-order valence-corrected chi connectivity index (χ2v) is 6.14. The first-order valence-corrected chi connectivity index (χ1v) is 7.74. The minimum Gasteiger partial charge on any atom is -0.389 e. The molecule has 1 aliphatic carbocycles. The highest BCUT2D eigenvalue weighted by Gasteiger charge is 2.27. The summed E-state index contributed by atoms with van der Waals surface area (Å²) in [6.07, 6.45) is 5.96. The van der Waals surface area contributed by atoms with Gasteiger partial charge in [0.2, 0.25) is 0 Å². The summed E-state index contributed by atoms with van der Waals surface area (Å²) in [5.41, 5.74) is -0.212. The van der Waals surface area contributed by atoms with Crippen molar-refractivity contribution >= 4 is 17.3 Å². The number of nitro benzene ring substituents is 1. The van der Waals surface area contributed by atoms with Gasteiger partial charge in [0.15, 0.2) is 0 Å². The number of hydrogen-bond acceptors (Lipinski definition) is 4. The van der Waals surface area contributed by atoms with Gasteiger partial charge in [-0.3, -0.25) is 10.1 Å². The molecule has 0 heterocycles. The number of nitrogens with one attached hydrogen (secondary N) is 1. The first-order valence-electron chi connectivity index (χ1n) is 7.37. The van der Waals surface area contributed by atoms with Gasteiger partial charge in [-0.2, -0.15) is 0 Å². The van der Waals surface area contributed by atoms with Crippen LogP contribution in [0.25, 0.3) is 0 Å². The van der Waals surface area contributed by atoms with Crippen LogP contribution in [0.3, 0.4) is 0 Å². The highest BCUT2D eigenvalue weighted by atomic mass is 35.5. The molecule has 0 saturated heterocycles. The van der Waals surface area contributed by atoms with E-state index in [2.05, 4.69) is 5.32 Å². The quantitative estimate of drug-likeness (QED) is 0.496. The van der Waals surface area contributed by atoms with Crippen molar-refractivity contribution in [1.82, 2.24) is 5.32 Å². The minimum atomic E-state index is -0.702. The predicted octanol–water partition coefficient (Wildman–Crippen LogP) is 3.42. The van der Waals surface area contributed by atoms with E-state index >= 15 is 0 Å². The third kappa shape index (κ3) is 4.40. The molecule has 0 atom stereocenters. The molecule has 1 aromatic rings. The van der Waals surface area contributed by atoms with Gasteiger partial charge in [-0.15, -0.1) is 0 Å². The van der Waals surface area contributed by atoms with E-state index in [4.69, 9.17) is 11.6 Å². The SMILES string of the molecule is O=[N+]([O-])c1cccc(Cl)c1CNCC1(O)CCCCCC1. The van der Waals surface area contributed by atoms with E-state index in [-0.39, 0.29) is 12.2 Å². The Morgan fingerprint density at radius 1 is 1.29 bits per heavy atom. The van der Waals surface area contributed by atoms with Gasteiger partial charge in [-0.25, -0.2) is 0 Å². The van der Waals surface area contributed by atoms with E-state index in [1.54, 1.807) is 12.1 Å². The number of rotatable bonds is 5. The lowest BCUT2D eigenvalue weighted by Crippen LogP contribution is -2.40. The van der Waals surface area contributed by atoms with E-state index in [1.165, 1.54) is 6.07 Å². The maximum absolute atomic E-state index is 11.0. The third-order valence-corrected chi connectivity index (χ3v) is 4.44. The van der Waals surface area contributed by atoms with E-state index in [0.717, 1.165) is 38.5 Å². The molecule has 2 N–H and O–H groups in total. The fraction of sp³-hybridized carbons (Fsp3) is 0.600. The molecular formula is C15H21ClN2O3. The summed E-state index contributed by atoms with van der Waals surface area (Å²) in [5, 5.41) is 25.1. The van der Waals surface area contributed by atoms with Gasteiger partial charge in [0.05, 0.1) is 21.1 Å². The van der Waals surface area contributed by atoms with Gasteiger partial charge >= 0.3 is 0 Å². The van der Waals surface area contributed by atoms with Crippen molar-refractivity contribution < 1.29 is 10.0 Å². The zero-order chi connectivity index (χ0) is 15.3. The fourth-order valence-corrected chi connectivity index (χ4v) is 3.11. The molecule has 5 nitrogen and oxygen atoms in total. The number of benzene rings is 1. The normalized spacial score (nSPS) is 18.2. The molecule has 0 aliphatic heterocycles. The number of nitro groups is 1. The Labute approximate surface area is 129 Å². The van der Waals surface area contributed by atoms with Gasteiger partial charge in [-0.1, -0.05) is 43.4 Å². The predicted molar refractivity (Wildman–Crippen MR) is 82.5 cm³/mol. The Bertz CT molecular complexity index is 500. The molecule has 1 saturated carbocycles. The monoisotopic (exact) mass is 312 g/mol. The van der Waals surface area contributed by atoms with Crippen molar-refractivity contribution in [2.24, 2.45) is 0 Å². The molecule has 6 heteroatoms. The molecule has 21 heavy (non-hydrogen) atoms. The van der Waals surface area contributed by atoms with Crippen LogP contribution >= 0.6 is 11.6 Å². The van der Waals surface area contributed by atoms with E-state index in [1.807, 2.05) is 0 Å². The van der Waals surface area contributed by atoms with Crippen molar-refractivity contribution in [1.29, 1.82) is 0 Å². The maximum Gasteiger partial charge on any atom is 0.275 e. The lowest BCUT2D eigenvalue weighted by atomic mass is 9.94. The van der Waals surface area contributed by atoms with Crippen LogP contribution in [0.4, 0.5) is 5.69 Å². The first kappa shape index (κ1) is 16.2. The summed E-state index contributed by atoms with van der Waals surface area (Å²) in [5.74, 6) is 0. The summed E-state index contributed by atoms with van der Waals surface area (Å²) in [6.45, 7) is 0.730. The molecule has 2 rings (SSSR count). The van der Waals surface area contributed by atoms with Crippen LogP contribution in [-0.4, -0.2) is 22.2 Å². The average molecular weight is 313 g/mol. The standard InChI is InChI=1S/C15H21ClN2O3/c16-13-6-5-7-14(18(20)21)12(13)10-17-11-15(19)8-3-1-2-4-9-15/h5-7,17,19H,1-4,8-11H2. The molecule has 1 aromatic carbocycles. The summed E-state index contributed by atoms with van der Waals surface area (Å²) in [6, 6.07) is 4.66. The Hall–Kier alpha value is -1.17. The first-order chi connectivity index (χ1) is 10.0. The van der Waals surface area contributed by atoms with Crippen molar-refractivity contribution in [2.45, 2.75) is 50.7 Å². The Morgan fingerprint density at radius 2 is 1.95 bits per heavy atom. The van der Waals surface area contributed by atoms with E-state index in [0.29, 0.717) is 17.1 Å². The average Bonchev–Trinajstić information content (AvgIpc) is 2.65. The van der Waals surface area contributed by atoms with Crippen LogP contribution in [0, 0.1) is 10.1 Å². The molecule has 0 aromatic heterocycles. The molecule has 0 radical (unpaired) electrons. The minimum absolute atomic E-state index is 0.0165. The summed E-state index contributed by atoms with van der Waals surface area (Å²) < 4.78 is 0. The number of aliphatic hydroxyl groups is 1. The topological polar surface area (TPSA) is 75.4 Å². The molecule has 1 fully saturated rings. The van der Waals surface area contributed by atoms with Crippen molar-refractivity contribution in [3.05, 3.63) is 38.9 Å². The largest absolute Gasteiger partial charge is 0.389 e. The number of nitrogens with zero attached hydrogens (tertiary/aromatic N) is 1. The highest BCUT2D eigenvalue weighted by molar-refractivity contribution is 6.31. The second kappa shape index (κ2) is 7.20. The molecular weight excluding hydrogens is 292 g/mol. The molecule has 0 bridgehead atoms. The zero-order valence-electron chi connectivity index (χ0n) is 12.0. The van der Waals surface area contributed by atoms with E-state index < -0.39 is 10.5 Å². The summed E-state index contributed by atoms with van der Waals surface area (Å²) >= 11 is 6.05. The van der Waals surface area contributed by atoms with Gasteiger partial charge in [0.25, 0.3) is 5.69 Å². The molecule has 116 valence electrons. The fourth-order valence-electron chi connectivity index (χ4n) is 2.88. The smallest absolute Gasteiger partial charge is 0.275 e. The van der Waals surface area contributed by atoms with Crippen molar-refractivity contribution in [2.75, 3.05) is 6.54 Å². The molecule has 0 unspecified atom stereocenters. The number of halogens is 1. The van der Waals surface area contributed by atoms with Crippen molar-refractivity contribution in [3.63, 3.8) is 0 Å². The molecule has 0 spiro atoms. The van der Waals surface area contributed by atoms with E-state index in [9.17, 15) is 15.2 Å².